The minimum Gasteiger partial charge on any atom is -0.468 e. The van der Waals surface area contributed by atoms with E-state index in [4.69, 9.17) is 4.42 Å². The summed E-state index contributed by atoms with van der Waals surface area (Å²) in [5, 5.41) is 7.91. The number of aliphatic imine (C=N–C) groups is 1. The lowest BCUT2D eigenvalue weighted by Gasteiger charge is -2.19. The van der Waals surface area contributed by atoms with Crippen molar-refractivity contribution in [3.63, 3.8) is 0 Å². The van der Waals surface area contributed by atoms with E-state index in [1.807, 2.05) is 26.0 Å². The van der Waals surface area contributed by atoms with Crippen LogP contribution in [-0.4, -0.2) is 29.9 Å². The smallest absolute Gasteiger partial charge is 0.191 e. The van der Waals surface area contributed by atoms with Crippen LogP contribution in [-0.2, 0) is 26.2 Å². The van der Waals surface area contributed by atoms with E-state index in [0.717, 1.165) is 42.1 Å². The van der Waals surface area contributed by atoms with Gasteiger partial charge in [-0.3, -0.25) is 9.89 Å². The van der Waals surface area contributed by atoms with E-state index in [2.05, 4.69) is 56.8 Å². The van der Waals surface area contributed by atoms with E-state index < -0.39 is 0 Å². The molecule has 1 aromatic carbocycles. The maximum absolute atomic E-state index is 5.46. The van der Waals surface area contributed by atoms with Crippen molar-refractivity contribution < 1.29 is 4.42 Å². The minimum atomic E-state index is 0. The topological polar surface area (TPSA) is 65.7 Å². The summed E-state index contributed by atoms with van der Waals surface area (Å²) in [5.74, 6) is 1.76. The molecule has 0 unspecified atom stereocenters. The first-order valence-electron chi connectivity index (χ1n) is 9.70. The van der Waals surface area contributed by atoms with Gasteiger partial charge in [0.15, 0.2) is 5.96 Å². The van der Waals surface area contributed by atoms with Gasteiger partial charge in [-0.25, -0.2) is 4.98 Å². The van der Waals surface area contributed by atoms with Crippen molar-refractivity contribution in [1.29, 1.82) is 0 Å². The molecule has 0 saturated heterocycles. The molecule has 0 amide bonds. The van der Waals surface area contributed by atoms with E-state index in [-0.39, 0.29) is 24.0 Å². The minimum absolute atomic E-state index is 0. The second-order valence-electron chi connectivity index (χ2n) is 7.04. The Hall–Kier alpha value is -1.91. The molecular formula is C22H30IN5OS. The number of rotatable bonds is 8. The fraction of sp³-hybridized carbons (Fsp3) is 0.364. The number of nitrogens with one attached hydrogen (secondary N) is 2. The SMILES string of the molecule is CN=C(NCc1ccccc1CN(C)Cc1ccco1)NCc1sc(C)nc1C.I. The largest absolute Gasteiger partial charge is 0.468 e. The molecule has 0 fully saturated rings. The van der Waals surface area contributed by atoms with Crippen LogP contribution in [0.4, 0.5) is 0 Å². The van der Waals surface area contributed by atoms with Crippen molar-refractivity contribution in [2.45, 2.75) is 40.0 Å². The quantitative estimate of drug-likeness (QED) is 0.251. The first kappa shape index (κ1) is 24.4. The molecule has 0 aliphatic rings. The van der Waals surface area contributed by atoms with Crippen molar-refractivity contribution in [3.05, 3.63) is 75.1 Å². The average Bonchev–Trinajstić information content (AvgIpc) is 3.32. The van der Waals surface area contributed by atoms with E-state index in [9.17, 15) is 0 Å². The van der Waals surface area contributed by atoms with E-state index in [1.165, 1.54) is 16.0 Å². The van der Waals surface area contributed by atoms with E-state index in [1.54, 1.807) is 24.6 Å². The maximum Gasteiger partial charge on any atom is 0.191 e. The Labute approximate surface area is 199 Å². The molecule has 8 heteroatoms. The van der Waals surface area contributed by atoms with Gasteiger partial charge in [0, 0.05) is 25.0 Å². The van der Waals surface area contributed by atoms with Gasteiger partial charge >= 0.3 is 0 Å². The molecule has 2 aromatic heterocycles. The fourth-order valence-corrected chi connectivity index (χ4v) is 4.08. The van der Waals surface area contributed by atoms with E-state index >= 15 is 0 Å². The predicted octanol–water partition coefficient (Wildman–Crippen LogP) is 4.47. The molecule has 162 valence electrons. The lowest BCUT2D eigenvalue weighted by molar-refractivity contribution is 0.287. The molecular weight excluding hydrogens is 509 g/mol. The summed E-state index contributed by atoms with van der Waals surface area (Å²) in [6.07, 6.45) is 1.72. The molecule has 0 atom stereocenters. The summed E-state index contributed by atoms with van der Waals surface area (Å²) in [5.41, 5.74) is 3.63. The highest BCUT2D eigenvalue weighted by Gasteiger charge is 2.09. The highest BCUT2D eigenvalue weighted by Crippen LogP contribution is 2.16. The molecule has 0 aliphatic heterocycles. The zero-order chi connectivity index (χ0) is 20.6. The third-order valence-electron chi connectivity index (χ3n) is 4.65. The number of aromatic nitrogens is 1. The summed E-state index contributed by atoms with van der Waals surface area (Å²) in [4.78, 5) is 12.3. The van der Waals surface area contributed by atoms with Crippen LogP contribution in [0.1, 0.15) is 32.5 Å². The zero-order valence-electron chi connectivity index (χ0n) is 17.9. The van der Waals surface area contributed by atoms with Crippen LogP contribution in [0.2, 0.25) is 0 Å². The number of hydrogen-bond acceptors (Lipinski definition) is 5. The van der Waals surface area contributed by atoms with Gasteiger partial charge in [-0.1, -0.05) is 24.3 Å². The second kappa shape index (κ2) is 12.1. The Morgan fingerprint density at radius 1 is 1.07 bits per heavy atom. The molecule has 0 spiro atoms. The van der Waals surface area contributed by atoms with Gasteiger partial charge in [-0.05, 0) is 44.2 Å². The van der Waals surface area contributed by atoms with Gasteiger partial charge < -0.3 is 15.1 Å². The van der Waals surface area contributed by atoms with Gasteiger partial charge in [-0.15, -0.1) is 35.3 Å². The third-order valence-corrected chi connectivity index (χ3v) is 5.72. The zero-order valence-corrected chi connectivity index (χ0v) is 21.1. The number of benzene rings is 1. The van der Waals surface area contributed by atoms with Gasteiger partial charge in [0.05, 0.1) is 30.1 Å². The molecule has 3 rings (SSSR count). The van der Waals surface area contributed by atoms with Crippen LogP contribution in [0.5, 0.6) is 0 Å². The Bertz CT molecular complexity index is 939. The Kier molecular flexibility index (Phi) is 9.80. The molecule has 0 radical (unpaired) electrons. The van der Waals surface area contributed by atoms with Crippen LogP contribution >= 0.6 is 35.3 Å². The van der Waals surface area contributed by atoms with Crippen molar-refractivity contribution in [3.8, 4) is 0 Å². The molecule has 2 heterocycles. The fourth-order valence-electron chi connectivity index (χ4n) is 3.20. The van der Waals surface area contributed by atoms with Crippen LogP contribution in [0, 0.1) is 13.8 Å². The van der Waals surface area contributed by atoms with Crippen molar-refractivity contribution in [2.24, 2.45) is 4.99 Å². The number of thiazole rings is 1. The number of guanidine groups is 1. The first-order valence-corrected chi connectivity index (χ1v) is 10.5. The van der Waals surface area contributed by atoms with E-state index in [0.29, 0.717) is 6.54 Å². The maximum atomic E-state index is 5.46. The molecule has 0 aliphatic carbocycles. The average molecular weight is 539 g/mol. The first-order chi connectivity index (χ1) is 14.0. The standard InChI is InChI=1S/C22H29N5OS.HI/c1-16-21(29-17(2)26-16)13-25-22(23-3)24-12-18-8-5-6-9-19(18)14-27(4)15-20-10-7-11-28-20;/h5-11H,12-15H2,1-4H3,(H2,23,24,25);1H. The highest BCUT2D eigenvalue weighted by molar-refractivity contribution is 14.0. The molecule has 30 heavy (non-hydrogen) atoms. The summed E-state index contributed by atoms with van der Waals surface area (Å²) >= 11 is 1.72. The van der Waals surface area contributed by atoms with Crippen LogP contribution in [0.25, 0.3) is 0 Å². The van der Waals surface area contributed by atoms with Gasteiger partial charge in [-0.2, -0.15) is 0 Å². The van der Waals surface area contributed by atoms with Crippen LogP contribution in [0.15, 0.2) is 52.1 Å². The van der Waals surface area contributed by atoms with Crippen LogP contribution < -0.4 is 10.6 Å². The monoisotopic (exact) mass is 539 g/mol. The Morgan fingerprint density at radius 2 is 1.80 bits per heavy atom. The second-order valence-corrected chi connectivity index (χ2v) is 8.33. The third kappa shape index (κ3) is 7.10. The molecule has 0 saturated carbocycles. The molecule has 2 N–H and O–H groups in total. The Morgan fingerprint density at radius 3 is 2.43 bits per heavy atom. The highest BCUT2D eigenvalue weighted by atomic mass is 127. The van der Waals surface area contributed by atoms with Crippen molar-refractivity contribution in [2.75, 3.05) is 14.1 Å². The number of hydrogen-bond donors (Lipinski definition) is 2. The molecule has 3 aromatic rings. The Balaban J connectivity index is 0.00000320. The van der Waals surface area contributed by atoms with Crippen LogP contribution in [0.3, 0.4) is 0 Å². The number of furan rings is 1. The summed E-state index contributed by atoms with van der Waals surface area (Å²) in [6.45, 7) is 7.16. The number of aryl methyl sites for hydroxylation is 2. The number of halogens is 1. The van der Waals surface area contributed by atoms with Gasteiger partial charge in [0.2, 0.25) is 0 Å². The lowest BCUT2D eigenvalue weighted by atomic mass is 10.1. The summed E-state index contributed by atoms with van der Waals surface area (Å²) in [7, 11) is 3.90. The lowest BCUT2D eigenvalue weighted by Crippen LogP contribution is -2.36. The van der Waals surface area contributed by atoms with Gasteiger partial charge in [0.1, 0.15) is 5.76 Å². The summed E-state index contributed by atoms with van der Waals surface area (Å²) < 4.78 is 5.46. The normalized spacial score (nSPS) is 11.4. The van der Waals surface area contributed by atoms with Gasteiger partial charge in [0.25, 0.3) is 0 Å². The molecule has 6 nitrogen and oxygen atoms in total. The predicted molar refractivity (Wildman–Crippen MR) is 134 cm³/mol. The summed E-state index contributed by atoms with van der Waals surface area (Å²) in [6, 6.07) is 12.4. The number of nitrogens with zero attached hydrogens (tertiary/aromatic N) is 3. The van der Waals surface area contributed by atoms with Crippen molar-refractivity contribution in [1.82, 2.24) is 20.5 Å². The molecule has 0 bridgehead atoms. The van der Waals surface area contributed by atoms with Crippen molar-refractivity contribution >= 4 is 41.3 Å².